The lowest BCUT2D eigenvalue weighted by Gasteiger charge is -2.30. The third-order valence-electron chi connectivity index (χ3n) is 6.86. The number of ether oxygens (including phenoxy) is 2. The maximum Gasteiger partial charge on any atom is 0.406 e. The van der Waals surface area contributed by atoms with Gasteiger partial charge in [0.05, 0.1) is 25.1 Å². The normalized spacial score (nSPS) is 20.0. The highest BCUT2D eigenvalue weighted by molar-refractivity contribution is 7.90. The minimum atomic E-state index is -3.59. The lowest BCUT2D eigenvalue weighted by atomic mass is 9.98. The van der Waals surface area contributed by atoms with Gasteiger partial charge in [-0.15, -0.1) is 10.2 Å². The molecular weight excluding hydrogens is 484 g/mol. The molecule has 2 aliphatic heterocycles. The molecule has 2 unspecified atom stereocenters. The van der Waals surface area contributed by atoms with Gasteiger partial charge in [-0.1, -0.05) is 30.3 Å². The molecule has 2 aromatic rings. The van der Waals surface area contributed by atoms with Gasteiger partial charge in [0, 0.05) is 25.9 Å². The number of nitrogens with one attached hydrogen (secondary N) is 2. The maximum absolute atomic E-state index is 13.3. The Morgan fingerprint density at radius 1 is 1.14 bits per heavy atom. The number of hydrogen-bond donors (Lipinski definition) is 2. The van der Waals surface area contributed by atoms with Crippen molar-refractivity contribution in [3.63, 3.8) is 0 Å². The SMILES string of the molecule is CNC(=O)OCC1CCn2c(nnc2C(COCc2ccccc2)NS(=O)(=O)C2CCN(C)CC2)C1. The summed E-state index contributed by atoms with van der Waals surface area (Å²) in [6, 6.07) is 9.11. The van der Waals surface area contributed by atoms with Gasteiger partial charge in [-0.3, -0.25) is 0 Å². The quantitative estimate of drug-likeness (QED) is 0.482. The zero-order valence-corrected chi connectivity index (χ0v) is 21.7. The van der Waals surface area contributed by atoms with Crippen molar-refractivity contribution in [2.24, 2.45) is 5.92 Å². The summed E-state index contributed by atoms with van der Waals surface area (Å²) in [7, 11) is -0.0552. The summed E-state index contributed by atoms with van der Waals surface area (Å²) in [5.41, 5.74) is 1.01. The van der Waals surface area contributed by atoms with Crippen LogP contribution in [0.4, 0.5) is 4.79 Å². The second kappa shape index (κ2) is 12.1. The molecule has 11 nitrogen and oxygen atoms in total. The van der Waals surface area contributed by atoms with E-state index in [1.807, 2.05) is 41.9 Å². The first-order chi connectivity index (χ1) is 17.4. The Bertz CT molecular complexity index is 1100. The Morgan fingerprint density at radius 3 is 2.61 bits per heavy atom. The van der Waals surface area contributed by atoms with E-state index in [1.165, 1.54) is 7.05 Å². The minimum absolute atomic E-state index is 0.135. The van der Waals surface area contributed by atoms with Crippen LogP contribution in [-0.2, 0) is 39.1 Å². The molecule has 0 bridgehead atoms. The van der Waals surface area contributed by atoms with Crippen molar-refractivity contribution in [2.75, 3.05) is 40.4 Å². The first-order valence-corrected chi connectivity index (χ1v) is 14.0. The highest BCUT2D eigenvalue weighted by Gasteiger charge is 2.34. The van der Waals surface area contributed by atoms with E-state index in [0.29, 0.717) is 44.8 Å². The molecule has 0 saturated carbocycles. The van der Waals surface area contributed by atoms with Crippen molar-refractivity contribution in [2.45, 2.75) is 50.1 Å². The van der Waals surface area contributed by atoms with Crippen molar-refractivity contribution in [3.05, 3.63) is 47.5 Å². The number of carbonyl (C=O) groups is 1. The Hall–Kier alpha value is -2.54. The second-order valence-electron chi connectivity index (χ2n) is 9.55. The monoisotopic (exact) mass is 520 g/mol. The van der Waals surface area contributed by atoms with Crippen LogP contribution >= 0.6 is 0 Å². The van der Waals surface area contributed by atoms with E-state index in [0.717, 1.165) is 30.9 Å². The van der Waals surface area contributed by atoms with Crippen molar-refractivity contribution in [1.29, 1.82) is 0 Å². The van der Waals surface area contributed by atoms with Gasteiger partial charge < -0.3 is 24.3 Å². The van der Waals surface area contributed by atoms with Crippen LogP contribution in [0, 0.1) is 5.92 Å². The smallest absolute Gasteiger partial charge is 0.406 e. The van der Waals surface area contributed by atoms with Gasteiger partial charge in [0.2, 0.25) is 10.0 Å². The fraction of sp³-hybridized carbons (Fsp3) is 0.625. The predicted molar refractivity (Wildman–Crippen MR) is 134 cm³/mol. The lowest BCUT2D eigenvalue weighted by Crippen LogP contribution is -2.44. The second-order valence-corrected chi connectivity index (χ2v) is 11.5. The van der Waals surface area contributed by atoms with Gasteiger partial charge in [0.25, 0.3) is 0 Å². The van der Waals surface area contributed by atoms with Crippen LogP contribution in [0.2, 0.25) is 0 Å². The number of amides is 1. The Morgan fingerprint density at radius 2 is 1.89 bits per heavy atom. The fourth-order valence-corrected chi connectivity index (χ4v) is 6.30. The van der Waals surface area contributed by atoms with Crippen molar-refractivity contribution < 1.29 is 22.7 Å². The van der Waals surface area contributed by atoms with E-state index < -0.39 is 27.4 Å². The van der Waals surface area contributed by atoms with Gasteiger partial charge in [0.15, 0.2) is 5.82 Å². The summed E-state index contributed by atoms with van der Waals surface area (Å²) in [4.78, 5) is 13.6. The number of sulfonamides is 1. The molecule has 4 rings (SSSR count). The number of carbonyl (C=O) groups excluding carboxylic acids is 1. The van der Waals surface area contributed by atoms with E-state index in [1.54, 1.807) is 0 Å². The molecule has 1 amide bonds. The van der Waals surface area contributed by atoms with Crippen molar-refractivity contribution >= 4 is 16.1 Å². The highest BCUT2D eigenvalue weighted by atomic mass is 32.2. The lowest BCUT2D eigenvalue weighted by molar-refractivity contribution is 0.0998. The van der Waals surface area contributed by atoms with E-state index >= 15 is 0 Å². The number of hydrogen-bond acceptors (Lipinski definition) is 8. The van der Waals surface area contributed by atoms with E-state index in [9.17, 15) is 13.2 Å². The average molecular weight is 521 g/mol. The van der Waals surface area contributed by atoms with Gasteiger partial charge in [-0.25, -0.2) is 17.9 Å². The number of likely N-dealkylation sites (tertiary alicyclic amines) is 1. The highest BCUT2D eigenvalue weighted by Crippen LogP contribution is 2.26. The number of piperidine rings is 1. The molecule has 0 aliphatic carbocycles. The molecule has 1 aromatic heterocycles. The first kappa shape index (κ1) is 26.5. The molecule has 12 heteroatoms. The van der Waals surface area contributed by atoms with Crippen LogP contribution in [-0.4, -0.2) is 79.8 Å². The van der Waals surface area contributed by atoms with Gasteiger partial charge >= 0.3 is 6.09 Å². The van der Waals surface area contributed by atoms with Crippen LogP contribution in [0.25, 0.3) is 0 Å². The first-order valence-electron chi connectivity index (χ1n) is 12.4. The molecule has 1 aromatic carbocycles. The minimum Gasteiger partial charge on any atom is -0.449 e. The summed E-state index contributed by atoms with van der Waals surface area (Å²) in [6.45, 7) is 2.93. The Labute approximate surface area is 212 Å². The van der Waals surface area contributed by atoms with Crippen molar-refractivity contribution in [1.82, 2.24) is 29.7 Å². The molecule has 1 saturated heterocycles. The molecular formula is C24H36N6O5S. The van der Waals surface area contributed by atoms with Gasteiger partial charge in [0.1, 0.15) is 11.9 Å². The molecule has 2 N–H and O–H groups in total. The van der Waals surface area contributed by atoms with Crippen molar-refractivity contribution in [3.8, 4) is 0 Å². The van der Waals surface area contributed by atoms with Crippen LogP contribution in [0.5, 0.6) is 0 Å². The standard InChI is InChI=1S/C24H36N6O5S/c1-25-24(31)35-16-19-8-13-30-22(14-19)26-27-23(30)21(17-34-15-18-6-4-3-5-7-18)28-36(32,33)20-9-11-29(2)12-10-20/h3-7,19-21,28H,8-17H2,1-2H3,(H,25,31). The fourth-order valence-electron chi connectivity index (χ4n) is 4.70. The number of fused-ring (bicyclic) bond motifs is 1. The summed E-state index contributed by atoms with van der Waals surface area (Å²) >= 11 is 0. The topological polar surface area (TPSA) is 128 Å². The molecule has 36 heavy (non-hydrogen) atoms. The number of alkyl carbamates (subject to hydrolysis) is 1. The van der Waals surface area contributed by atoms with E-state index in [2.05, 4.69) is 25.1 Å². The molecule has 2 aliphatic rings. The summed E-state index contributed by atoms with van der Waals surface area (Å²) in [5.74, 6) is 1.45. The Kier molecular flexibility index (Phi) is 8.94. The predicted octanol–water partition coefficient (Wildman–Crippen LogP) is 1.47. The number of rotatable bonds is 10. The molecule has 0 radical (unpaired) electrons. The van der Waals surface area contributed by atoms with E-state index in [4.69, 9.17) is 9.47 Å². The largest absolute Gasteiger partial charge is 0.449 e. The van der Waals surface area contributed by atoms with E-state index in [-0.39, 0.29) is 12.5 Å². The summed E-state index contributed by atoms with van der Waals surface area (Å²) in [5, 5.41) is 10.7. The zero-order valence-electron chi connectivity index (χ0n) is 20.9. The third-order valence-corrected chi connectivity index (χ3v) is 8.82. The molecule has 3 heterocycles. The van der Waals surface area contributed by atoms with Crippen LogP contribution in [0.15, 0.2) is 30.3 Å². The average Bonchev–Trinajstić information content (AvgIpc) is 3.31. The van der Waals surface area contributed by atoms with Gasteiger partial charge in [-0.05, 0) is 45.0 Å². The summed E-state index contributed by atoms with van der Waals surface area (Å²) < 4.78 is 42.7. The summed E-state index contributed by atoms with van der Waals surface area (Å²) in [6.07, 6.45) is 2.10. The number of benzene rings is 1. The Balaban J connectivity index is 1.48. The zero-order chi connectivity index (χ0) is 25.5. The van der Waals surface area contributed by atoms with Crippen LogP contribution < -0.4 is 10.0 Å². The molecule has 0 spiro atoms. The maximum atomic E-state index is 13.3. The third kappa shape index (κ3) is 6.81. The molecule has 2 atom stereocenters. The molecule has 1 fully saturated rings. The number of nitrogens with zero attached hydrogens (tertiary/aromatic N) is 4. The van der Waals surface area contributed by atoms with Gasteiger partial charge in [-0.2, -0.15) is 0 Å². The van der Waals surface area contributed by atoms with Crippen LogP contribution in [0.1, 0.15) is 42.5 Å². The van der Waals surface area contributed by atoms with Crippen LogP contribution in [0.3, 0.4) is 0 Å². The molecule has 198 valence electrons. The number of aromatic nitrogens is 3.